The lowest BCUT2D eigenvalue weighted by Gasteiger charge is -2.19. The van der Waals surface area contributed by atoms with Crippen LogP contribution in [-0.4, -0.2) is 21.0 Å². The van der Waals surface area contributed by atoms with E-state index in [0.29, 0.717) is 11.4 Å². The molecule has 0 amide bonds. The SMILES string of the molecule is Cc1ccc(S(=O)(=O)NC2CCCC2CN)cc1Br. The summed E-state index contributed by atoms with van der Waals surface area (Å²) in [5.41, 5.74) is 6.70. The number of hydrogen-bond donors (Lipinski definition) is 2. The van der Waals surface area contributed by atoms with Gasteiger partial charge in [-0.05, 0) is 49.9 Å². The molecule has 0 bridgehead atoms. The van der Waals surface area contributed by atoms with Crippen molar-refractivity contribution in [2.45, 2.75) is 37.1 Å². The molecule has 4 nitrogen and oxygen atoms in total. The van der Waals surface area contributed by atoms with Crippen LogP contribution in [0, 0.1) is 12.8 Å². The van der Waals surface area contributed by atoms with E-state index in [2.05, 4.69) is 20.7 Å². The lowest BCUT2D eigenvalue weighted by molar-refractivity contribution is 0.453. The van der Waals surface area contributed by atoms with Crippen LogP contribution in [-0.2, 0) is 10.0 Å². The van der Waals surface area contributed by atoms with Gasteiger partial charge in [-0.15, -0.1) is 0 Å². The van der Waals surface area contributed by atoms with Gasteiger partial charge < -0.3 is 5.73 Å². The number of nitrogens with two attached hydrogens (primary N) is 1. The molecule has 0 radical (unpaired) electrons. The monoisotopic (exact) mass is 346 g/mol. The average Bonchev–Trinajstić information content (AvgIpc) is 2.79. The molecule has 0 spiro atoms. The summed E-state index contributed by atoms with van der Waals surface area (Å²) in [4.78, 5) is 0.299. The fourth-order valence-corrected chi connectivity index (χ4v) is 4.38. The molecular weight excluding hydrogens is 328 g/mol. The molecule has 1 aliphatic rings. The summed E-state index contributed by atoms with van der Waals surface area (Å²) in [7, 11) is -3.46. The van der Waals surface area contributed by atoms with Gasteiger partial charge in [0.1, 0.15) is 0 Å². The Morgan fingerprint density at radius 2 is 2.16 bits per heavy atom. The Labute approximate surface area is 122 Å². The third-order valence-corrected chi connectivity index (χ3v) is 6.06. The molecule has 2 atom stereocenters. The fourth-order valence-electron chi connectivity index (χ4n) is 2.48. The van der Waals surface area contributed by atoms with Crippen molar-refractivity contribution >= 4 is 26.0 Å². The van der Waals surface area contributed by atoms with E-state index in [9.17, 15) is 8.42 Å². The standard InChI is InChI=1S/C13H19BrN2O2S/c1-9-5-6-11(7-12(9)14)19(17,18)16-13-4-2-3-10(13)8-15/h5-7,10,13,16H,2-4,8,15H2,1H3. The van der Waals surface area contributed by atoms with E-state index in [1.807, 2.05) is 6.92 Å². The van der Waals surface area contributed by atoms with Crippen molar-refractivity contribution in [3.63, 3.8) is 0 Å². The van der Waals surface area contributed by atoms with Gasteiger partial charge in [-0.3, -0.25) is 0 Å². The lowest BCUT2D eigenvalue weighted by atomic mass is 10.1. The van der Waals surface area contributed by atoms with Gasteiger partial charge in [-0.1, -0.05) is 28.4 Å². The van der Waals surface area contributed by atoms with Crippen LogP contribution in [0.25, 0.3) is 0 Å². The van der Waals surface area contributed by atoms with Crippen molar-refractivity contribution in [3.8, 4) is 0 Å². The maximum Gasteiger partial charge on any atom is 0.240 e. The van der Waals surface area contributed by atoms with Crippen molar-refractivity contribution in [1.82, 2.24) is 4.72 Å². The number of aryl methyl sites for hydroxylation is 1. The first kappa shape index (κ1) is 15.0. The van der Waals surface area contributed by atoms with Gasteiger partial charge in [0.2, 0.25) is 10.0 Å². The Morgan fingerprint density at radius 1 is 1.42 bits per heavy atom. The van der Waals surface area contributed by atoms with Crippen LogP contribution in [0.2, 0.25) is 0 Å². The molecule has 0 heterocycles. The minimum Gasteiger partial charge on any atom is -0.330 e. The smallest absolute Gasteiger partial charge is 0.240 e. The zero-order valence-corrected chi connectivity index (χ0v) is 13.3. The zero-order valence-electron chi connectivity index (χ0n) is 10.9. The maximum absolute atomic E-state index is 12.3. The number of rotatable bonds is 4. The van der Waals surface area contributed by atoms with Gasteiger partial charge in [-0.2, -0.15) is 0 Å². The highest BCUT2D eigenvalue weighted by Crippen LogP contribution is 2.27. The van der Waals surface area contributed by atoms with E-state index in [-0.39, 0.29) is 12.0 Å². The molecule has 1 fully saturated rings. The van der Waals surface area contributed by atoms with E-state index < -0.39 is 10.0 Å². The minimum atomic E-state index is -3.46. The van der Waals surface area contributed by atoms with E-state index in [0.717, 1.165) is 29.3 Å². The van der Waals surface area contributed by atoms with Crippen LogP contribution in [0.4, 0.5) is 0 Å². The van der Waals surface area contributed by atoms with Crippen LogP contribution in [0.3, 0.4) is 0 Å². The molecule has 19 heavy (non-hydrogen) atoms. The van der Waals surface area contributed by atoms with Crippen molar-refractivity contribution in [1.29, 1.82) is 0 Å². The van der Waals surface area contributed by atoms with Gasteiger partial charge in [0, 0.05) is 10.5 Å². The van der Waals surface area contributed by atoms with Crippen molar-refractivity contribution in [2.24, 2.45) is 11.7 Å². The van der Waals surface area contributed by atoms with Crippen LogP contribution in [0.1, 0.15) is 24.8 Å². The molecule has 6 heteroatoms. The largest absolute Gasteiger partial charge is 0.330 e. The van der Waals surface area contributed by atoms with Crippen LogP contribution in [0.15, 0.2) is 27.6 Å². The van der Waals surface area contributed by atoms with Crippen LogP contribution < -0.4 is 10.5 Å². The molecular formula is C13H19BrN2O2S. The Morgan fingerprint density at radius 3 is 2.79 bits per heavy atom. The summed E-state index contributed by atoms with van der Waals surface area (Å²) in [6.07, 6.45) is 2.90. The first-order chi connectivity index (χ1) is 8.94. The first-order valence-corrected chi connectivity index (χ1v) is 8.70. The molecule has 0 saturated heterocycles. The number of benzene rings is 1. The molecule has 1 aliphatic carbocycles. The maximum atomic E-state index is 12.3. The average molecular weight is 347 g/mol. The molecule has 2 unspecified atom stereocenters. The third kappa shape index (κ3) is 3.37. The van der Waals surface area contributed by atoms with E-state index >= 15 is 0 Å². The molecule has 1 aromatic rings. The topological polar surface area (TPSA) is 72.2 Å². The highest BCUT2D eigenvalue weighted by molar-refractivity contribution is 9.10. The second kappa shape index (κ2) is 5.91. The summed E-state index contributed by atoms with van der Waals surface area (Å²) in [6, 6.07) is 5.04. The van der Waals surface area contributed by atoms with Gasteiger partial charge in [-0.25, -0.2) is 13.1 Å². The Kier molecular flexibility index (Phi) is 4.66. The van der Waals surface area contributed by atoms with Crippen LogP contribution in [0.5, 0.6) is 0 Å². The molecule has 106 valence electrons. The van der Waals surface area contributed by atoms with Crippen LogP contribution >= 0.6 is 15.9 Å². The van der Waals surface area contributed by atoms with Gasteiger partial charge in [0.15, 0.2) is 0 Å². The zero-order chi connectivity index (χ0) is 14.0. The molecule has 0 aromatic heterocycles. The lowest BCUT2D eigenvalue weighted by Crippen LogP contribution is -2.39. The summed E-state index contributed by atoms with van der Waals surface area (Å²) in [5.74, 6) is 0.253. The minimum absolute atomic E-state index is 0.0323. The molecule has 2 rings (SSSR count). The summed E-state index contributed by atoms with van der Waals surface area (Å²) >= 11 is 3.36. The summed E-state index contributed by atoms with van der Waals surface area (Å²) < 4.78 is 28.3. The van der Waals surface area contributed by atoms with Crippen molar-refractivity contribution in [3.05, 3.63) is 28.2 Å². The molecule has 0 aliphatic heterocycles. The highest BCUT2D eigenvalue weighted by Gasteiger charge is 2.30. The Balaban J connectivity index is 2.20. The molecule has 3 N–H and O–H groups in total. The number of nitrogens with one attached hydrogen (secondary N) is 1. The second-order valence-electron chi connectivity index (χ2n) is 5.07. The highest BCUT2D eigenvalue weighted by atomic mass is 79.9. The second-order valence-corrected chi connectivity index (χ2v) is 7.63. The van der Waals surface area contributed by atoms with Gasteiger partial charge >= 0.3 is 0 Å². The predicted octanol–water partition coefficient (Wildman–Crippen LogP) is 2.16. The van der Waals surface area contributed by atoms with Crippen molar-refractivity contribution in [2.75, 3.05) is 6.54 Å². The van der Waals surface area contributed by atoms with E-state index in [4.69, 9.17) is 5.73 Å². The quantitative estimate of drug-likeness (QED) is 0.877. The Hall–Kier alpha value is -0.430. The van der Waals surface area contributed by atoms with Crippen molar-refractivity contribution < 1.29 is 8.42 Å². The normalized spacial score (nSPS) is 23.7. The summed E-state index contributed by atoms with van der Waals surface area (Å²) in [6.45, 7) is 2.46. The number of hydrogen-bond acceptors (Lipinski definition) is 3. The van der Waals surface area contributed by atoms with E-state index in [1.165, 1.54) is 0 Å². The van der Waals surface area contributed by atoms with E-state index in [1.54, 1.807) is 18.2 Å². The number of sulfonamides is 1. The third-order valence-electron chi connectivity index (χ3n) is 3.72. The number of halogens is 1. The molecule has 1 aromatic carbocycles. The van der Waals surface area contributed by atoms with Gasteiger partial charge in [0.05, 0.1) is 4.90 Å². The first-order valence-electron chi connectivity index (χ1n) is 6.42. The predicted molar refractivity (Wildman–Crippen MR) is 79.4 cm³/mol. The fraction of sp³-hybridized carbons (Fsp3) is 0.538. The summed E-state index contributed by atoms with van der Waals surface area (Å²) in [5, 5.41) is 0. The molecule has 1 saturated carbocycles. The van der Waals surface area contributed by atoms with Gasteiger partial charge in [0.25, 0.3) is 0 Å². The Bertz CT molecular complexity index is 560.